The second-order valence-corrected chi connectivity index (χ2v) is 10.5. The molecule has 0 radical (unpaired) electrons. The summed E-state index contributed by atoms with van der Waals surface area (Å²) in [5.74, 6) is 2.52. The number of fused-ring (bicyclic) bond motifs is 7. The lowest BCUT2D eigenvalue weighted by Gasteiger charge is -2.52. The maximum absolute atomic E-state index is 11.5. The lowest BCUT2D eigenvalue weighted by Crippen LogP contribution is -2.57. The second-order valence-electron chi connectivity index (χ2n) is 10.5. The Morgan fingerprint density at radius 3 is 2.33 bits per heavy atom. The van der Waals surface area contributed by atoms with E-state index in [4.69, 9.17) is 0 Å². The molecule has 1 aromatic carbocycles. The van der Waals surface area contributed by atoms with Crippen LogP contribution in [0.2, 0.25) is 0 Å². The highest BCUT2D eigenvalue weighted by Gasteiger charge is 2.42. The van der Waals surface area contributed by atoms with E-state index in [9.17, 15) is 10.1 Å². The van der Waals surface area contributed by atoms with Crippen molar-refractivity contribution in [2.24, 2.45) is 17.8 Å². The number of anilines is 1. The summed E-state index contributed by atoms with van der Waals surface area (Å²) in [5.41, 5.74) is 0.914. The Balaban J connectivity index is 1.33. The first kappa shape index (κ1) is 20.3. The van der Waals surface area contributed by atoms with Crippen molar-refractivity contribution < 1.29 is 4.92 Å². The molecule has 1 aromatic rings. The van der Waals surface area contributed by atoms with E-state index in [1.807, 2.05) is 12.1 Å². The maximum atomic E-state index is 11.5. The predicted molar refractivity (Wildman–Crippen MR) is 121 cm³/mol. The lowest BCUT2D eigenvalue weighted by molar-refractivity contribution is -0.384. The first-order valence-electron chi connectivity index (χ1n) is 12.4. The van der Waals surface area contributed by atoms with E-state index in [1.54, 1.807) is 12.1 Å². The van der Waals surface area contributed by atoms with Gasteiger partial charge in [0.1, 0.15) is 5.69 Å². The molecule has 1 N–H and O–H groups in total. The summed E-state index contributed by atoms with van der Waals surface area (Å²) in [6.45, 7) is 1.19. The van der Waals surface area contributed by atoms with Gasteiger partial charge in [-0.25, -0.2) is 0 Å². The van der Waals surface area contributed by atoms with E-state index >= 15 is 0 Å². The van der Waals surface area contributed by atoms with Crippen molar-refractivity contribution >= 4 is 11.4 Å². The number of nitrogens with zero attached hydrogens (tertiary/aromatic N) is 2. The average Bonchev–Trinajstić information content (AvgIpc) is 2.89. The van der Waals surface area contributed by atoms with Crippen LogP contribution in [-0.2, 0) is 0 Å². The minimum absolute atomic E-state index is 0.212. The van der Waals surface area contributed by atoms with Crippen LogP contribution in [0, 0.1) is 27.9 Å². The molecule has 5 aliphatic rings. The quantitative estimate of drug-likeness (QED) is 0.488. The summed E-state index contributed by atoms with van der Waals surface area (Å²) < 4.78 is 0. The van der Waals surface area contributed by atoms with Crippen LogP contribution in [0.25, 0.3) is 0 Å². The number of rotatable bonds is 4. The van der Waals surface area contributed by atoms with Crippen molar-refractivity contribution in [3.63, 3.8) is 0 Å². The van der Waals surface area contributed by atoms with Gasteiger partial charge < -0.3 is 5.32 Å². The molecule has 0 spiro atoms. The van der Waals surface area contributed by atoms with Crippen LogP contribution in [0.4, 0.5) is 11.4 Å². The number of nitrogens with one attached hydrogen (secondary N) is 1. The van der Waals surface area contributed by atoms with Crippen molar-refractivity contribution in [2.45, 2.75) is 95.2 Å². The normalized spacial score (nSPS) is 37.1. The van der Waals surface area contributed by atoms with E-state index in [2.05, 4.69) is 10.2 Å². The monoisotopic (exact) mass is 411 g/mol. The summed E-state index contributed by atoms with van der Waals surface area (Å²) in [6.07, 6.45) is 16.5. The third-order valence-electron chi connectivity index (χ3n) is 8.63. The lowest BCUT2D eigenvalue weighted by atomic mass is 9.73. The Morgan fingerprint density at radius 1 is 0.867 bits per heavy atom. The molecule has 0 amide bonds. The molecule has 2 saturated heterocycles. The molecule has 6 atom stereocenters. The molecule has 0 aromatic heterocycles. The molecular weight excluding hydrogens is 374 g/mol. The van der Waals surface area contributed by atoms with Crippen molar-refractivity contribution in [1.29, 1.82) is 0 Å². The predicted octanol–water partition coefficient (Wildman–Crippen LogP) is 6.00. The van der Waals surface area contributed by atoms with E-state index < -0.39 is 0 Å². The zero-order valence-corrected chi connectivity index (χ0v) is 18.2. The van der Waals surface area contributed by atoms with Crippen molar-refractivity contribution in [3.8, 4) is 0 Å². The minimum Gasteiger partial charge on any atom is -0.376 e. The summed E-state index contributed by atoms with van der Waals surface area (Å²) in [7, 11) is 0. The Kier molecular flexibility index (Phi) is 5.99. The average molecular weight is 412 g/mol. The second kappa shape index (κ2) is 8.86. The fourth-order valence-corrected chi connectivity index (χ4v) is 7.25. The first-order chi connectivity index (χ1) is 14.7. The molecule has 5 fully saturated rings. The van der Waals surface area contributed by atoms with Crippen LogP contribution in [0.15, 0.2) is 24.3 Å². The molecule has 6 rings (SSSR count). The van der Waals surface area contributed by atoms with Gasteiger partial charge in [-0.05, 0) is 62.3 Å². The molecule has 2 aliphatic heterocycles. The molecule has 2 heterocycles. The van der Waals surface area contributed by atoms with Gasteiger partial charge in [-0.15, -0.1) is 0 Å². The Bertz CT molecular complexity index is 740. The van der Waals surface area contributed by atoms with E-state index in [1.165, 1.54) is 77.2 Å². The van der Waals surface area contributed by atoms with Crippen molar-refractivity contribution in [1.82, 2.24) is 4.90 Å². The highest BCUT2D eigenvalue weighted by atomic mass is 16.6. The number of para-hydroxylation sites is 2. The third kappa shape index (κ3) is 4.23. The number of nitro benzene ring substituents is 1. The molecular formula is C25H37N3O2. The van der Waals surface area contributed by atoms with E-state index in [0.29, 0.717) is 23.7 Å². The van der Waals surface area contributed by atoms with Crippen LogP contribution < -0.4 is 5.32 Å². The summed E-state index contributed by atoms with van der Waals surface area (Å²) in [5, 5.41) is 15.1. The maximum Gasteiger partial charge on any atom is 0.292 e. The van der Waals surface area contributed by atoms with Crippen molar-refractivity contribution in [2.75, 3.05) is 11.9 Å². The van der Waals surface area contributed by atoms with Crippen molar-refractivity contribution in [3.05, 3.63) is 34.4 Å². The molecule has 4 bridgehead atoms. The van der Waals surface area contributed by atoms with Gasteiger partial charge in [-0.2, -0.15) is 0 Å². The molecule has 5 heteroatoms. The van der Waals surface area contributed by atoms with Gasteiger partial charge in [0.25, 0.3) is 5.69 Å². The molecule has 3 aliphatic carbocycles. The summed E-state index contributed by atoms with van der Waals surface area (Å²) in [4.78, 5) is 14.2. The van der Waals surface area contributed by atoms with Gasteiger partial charge in [0, 0.05) is 30.7 Å². The molecule has 164 valence electrons. The number of benzene rings is 1. The number of hydrogen-bond acceptors (Lipinski definition) is 4. The van der Waals surface area contributed by atoms with Gasteiger partial charge in [0.05, 0.1) is 4.92 Å². The Morgan fingerprint density at radius 2 is 1.57 bits per heavy atom. The summed E-state index contributed by atoms with van der Waals surface area (Å²) >= 11 is 0. The van der Waals surface area contributed by atoms with Crippen LogP contribution in [0.1, 0.15) is 77.0 Å². The fourth-order valence-electron chi connectivity index (χ4n) is 7.25. The number of piperidine rings is 1. The minimum atomic E-state index is -0.250. The fraction of sp³-hybridized carbons (Fsp3) is 0.760. The Hall–Kier alpha value is -1.62. The SMILES string of the molecule is O=[N+]([O-])c1ccccc1N[C@H]1C[C@H]2CCCCC1CN2C1C[C@H]2CCCC[C@@H](C1)C2. The topological polar surface area (TPSA) is 58.4 Å². The smallest absolute Gasteiger partial charge is 0.292 e. The molecule has 5 nitrogen and oxygen atoms in total. The highest BCUT2D eigenvalue weighted by Crippen LogP contribution is 2.44. The van der Waals surface area contributed by atoms with Gasteiger partial charge in [0.2, 0.25) is 0 Å². The van der Waals surface area contributed by atoms with Crippen LogP contribution in [0.3, 0.4) is 0 Å². The van der Waals surface area contributed by atoms with Crippen LogP contribution >= 0.6 is 0 Å². The number of hydrogen-bond donors (Lipinski definition) is 1. The number of nitro groups is 1. The van der Waals surface area contributed by atoms with E-state index in [0.717, 1.165) is 24.3 Å². The highest BCUT2D eigenvalue weighted by molar-refractivity contribution is 5.61. The van der Waals surface area contributed by atoms with Crippen LogP contribution in [-0.4, -0.2) is 34.5 Å². The van der Waals surface area contributed by atoms with Crippen LogP contribution in [0.5, 0.6) is 0 Å². The largest absolute Gasteiger partial charge is 0.376 e. The molecule has 3 saturated carbocycles. The zero-order valence-electron chi connectivity index (χ0n) is 18.2. The standard InChI is InChI=1S/C25H37N3O2/c29-28(30)25-12-6-5-11-23(25)26-24-16-21-10-4-3-9-20(24)17-27(21)22-14-18-7-1-2-8-19(13-18)15-22/h5-6,11-12,18-22,24,26H,1-4,7-10,13-17H2/t18-,19+,20?,21-,22?,24+/m1/s1. The first-order valence-corrected chi connectivity index (χ1v) is 12.4. The van der Waals surface area contributed by atoms with Gasteiger partial charge in [-0.3, -0.25) is 15.0 Å². The van der Waals surface area contributed by atoms with E-state index in [-0.39, 0.29) is 10.6 Å². The van der Waals surface area contributed by atoms with Gasteiger partial charge in [0.15, 0.2) is 0 Å². The molecule has 30 heavy (non-hydrogen) atoms. The van der Waals surface area contributed by atoms with Gasteiger partial charge in [-0.1, -0.05) is 50.7 Å². The zero-order chi connectivity index (χ0) is 20.5. The molecule has 2 unspecified atom stereocenters. The Labute approximate surface area is 180 Å². The third-order valence-corrected chi connectivity index (χ3v) is 8.63. The summed E-state index contributed by atoms with van der Waals surface area (Å²) in [6, 6.07) is 8.97. The van der Waals surface area contributed by atoms with Gasteiger partial charge >= 0.3 is 0 Å².